The largest absolute Gasteiger partial charge is 0.493 e. The van der Waals surface area contributed by atoms with Crippen LogP contribution >= 0.6 is 0 Å². The summed E-state index contributed by atoms with van der Waals surface area (Å²) in [7, 11) is 3.20. The number of rotatable bonds is 5. The Hall–Kier alpha value is -2.08. The van der Waals surface area contributed by atoms with Gasteiger partial charge in [0.15, 0.2) is 17.3 Å². The van der Waals surface area contributed by atoms with Crippen molar-refractivity contribution < 1.29 is 14.0 Å². The fourth-order valence-electron chi connectivity index (χ4n) is 1.62. The molecule has 1 aromatic carbocycles. The van der Waals surface area contributed by atoms with Gasteiger partial charge >= 0.3 is 0 Å². The highest BCUT2D eigenvalue weighted by Crippen LogP contribution is 2.28. The molecule has 6 nitrogen and oxygen atoms in total. The van der Waals surface area contributed by atoms with E-state index in [1.165, 1.54) is 0 Å². The molecule has 0 aliphatic heterocycles. The minimum absolute atomic E-state index is 0.249. The van der Waals surface area contributed by atoms with Crippen molar-refractivity contribution >= 4 is 0 Å². The first-order valence-electron chi connectivity index (χ1n) is 5.49. The van der Waals surface area contributed by atoms with Crippen LogP contribution in [0.5, 0.6) is 11.5 Å². The van der Waals surface area contributed by atoms with Gasteiger partial charge in [-0.05, 0) is 17.7 Å². The van der Waals surface area contributed by atoms with Gasteiger partial charge < -0.3 is 19.7 Å². The Bertz CT molecular complexity index is 525. The molecular weight excluding hydrogens is 234 g/mol. The molecule has 0 aliphatic carbocycles. The molecule has 0 bridgehead atoms. The second-order valence-electron chi connectivity index (χ2n) is 3.67. The van der Waals surface area contributed by atoms with Gasteiger partial charge in [0.1, 0.15) is 0 Å². The zero-order chi connectivity index (χ0) is 13.0. The van der Waals surface area contributed by atoms with Gasteiger partial charge in [-0.2, -0.15) is 4.98 Å². The van der Waals surface area contributed by atoms with Gasteiger partial charge in [0.05, 0.1) is 20.8 Å². The number of ether oxygens (including phenoxy) is 2. The lowest BCUT2D eigenvalue weighted by Gasteiger charge is -2.08. The van der Waals surface area contributed by atoms with Crippen LogP contribution in [0.15, 0.2) is 22.7 Å². The van der Waals surface area contributed by atoms with Crippen LogP contribution in [-0.4, -0.2) is 24.4 Å². The average Bonchev–Trinajstić information content (AvgIpc) is 2.86. The van der Waals surface area contributed by atoms with E-state index in [-0.39, 0.29) is 6.54 Å². The molecule has 1 aromatic heterocycles. The predicted octanol–water partition coefficient (Wildman–Crippen LogP) is 1.14. The van der Waals surface area contributed by atoms with E-state index in [1.54, 1.807) is 14.2 Å². The van der Waals surface area contributed by atoms with Gasteiger partial charge in [0.2, 0.25) is 5.89 Å². The molecule has 0 aliphatic rings. The summed E-state index contributed by atoms with van der Waals surface area (Å²) in [5, 5.41) is 3.84. The number of aromatic nitrogens is 2. The monoisotopic (exact) mass is 249 g/mol. The first kappa shape index (κ1) is 12.4. The highest BCUT2D eigenvalue weighted by molar-refractivity contribution is 5.43. The lowest BCUT2D eigenvalue weighted by atomic mass is 10.1. The SMILES string of the molecule is COc1ccc(Cc2noc(CN)n2)cc1OC. The number of methoxy groups -OCH3 is 2. The molecule has 96 valence electrons. The van der Waals surface area contributed by atoms with Crippen molar-refractivity contribution in [3.05, 3.63) is 35.5 Å². The van der Waals surface area contributed by atoms with Crippen molar-refractivity contribution in [2.75, 3.05) is 14.2 Å². The average molecular weight is 249 g/mol. The van der Waals surface area contributed by atoms with Gasteiger partial charge in [-0.1, -0.05) is 11.2 Å². The van der Waals surface area contributed by atoms with Crippen LogP contribution in [0, 0.1) is 0 Å². The van der Waals surface area contributed by atoms with Gasteiger partial charge in [0, 0.05) is 6.42 Å². The maximum Gasteiger partial charge on any atom is 0.240 e. The van der Waals surface area contributed by atoms with Crippen LogP contribution in [0.4, 0.5) is 0 Å². The molecule has 0 amide bonds. The molecular formula is C12H15N3O3. The first-order chi connectivity index (χ1) is 8.76. The molecule has 2 aromatic rings. The quantitative estimate of drug-likeness (QED) is 0.855. The van der Waals surface area contributed by atoms with E-state index in [1.807, 2.05) is 18.2 Å². The maximum atomic E-state index is 5.41. The summed E-state index contributed by atoms with van der Waals surface area (Å²) in [5.74, 6) is 2.41. The molecule has 0 radical (unpaired) electrons. The fourth-order valence-corrected chi connectivity index (χ4v) is 1.62. The van der Waals surface area contributed by atoms with E-state index in [0.717, 1.165) is 5.56 Å². The van der Waals surface area contributed by atoms with Crippen LogP contribution in [0.1, 0.15) is 17.3 Å². The van der Waals surface area contributed by atoms with Gasteiger partial charge in [-0.25, -0.2) is 0 Å². The van der Waals surface area contributed by atoms with E-state index < -0.39 is 0 Å². The number of benzene rings is 1. The minimum Gasteiger partial charge on any atom is -0.493 e. The molecule has 6 heteroatoms. The van der Waals surface area contributed by atoms with Crippen molar-refractivity contribution in [1.29, 1.82) is 0 Å². The van der Waals surface area contributed by atoms with Crippen molar-refractivity contribution in [3.8, 4) is 11.5 Å². The van der Waals surface area contributed by atoms with Crippen molar-refractivity contribution in [2.45, 2.75) is 13.0 Å². The Morgan fingerprint density at radius 2 is 2.00 bits per heavy atom. The Kier molecular flexibility index (Phi) is 3.78. The summed E-state index contributed by atoms with van der Waals surface area (Å²) < 4.78 is 15.3. The molecule has 2 rings (SSSR count). The maximum absolute atomic E-state index is 5.41. The van der Waals surface area contributed by atoms with Crippen LogP contribution in [-0.2, 0) is 13.0 Å². The molecule has 0 fully saturated rings. The summed E-state index contributed by atoms with van der Waals surface area (Å²) in [5.41, 5.74) is 6.42. The smallest absolute Gasteiger partial charge is 0.240 e. The van der Waals surface area contributed by atoms with E-state index in [0.29, 0.717) is 29.6 Å². The number of hydrogen-bond acceptors (Lipinski definition) is 6. The molecule has 0 saturated carbocycles. The lowest BCUT2D eigenvalue weighted by Crippen LogP contribution is -1.97. The Labute approximate surface area is 105 Å². The zero-order valence-corrected chi connectivity index (χ0v) is 10.3. The lowest BCUT2D eigenvalue weighted by molar-refractivity contribution is 0.354. The van der Waals surface area contributed by atoms with Crippen LogP contribution in [0.3, 0.4) is 0 Å². The van der Waals surface area contributed by atoms with Crippen molar-refractivity contribution in [2.24, 2.45) is 5.73 Å². The second kappa shape index (κ2) is 5.50. The highest BCUT2D eigenvalue weighted by Gasteiger charge is 2.09. The van der Waals surface area contributed by atoms with E-state index in [2.05, 4.69) is 10.1 Å². The number of nitrogens with zero attached hydrogens (tertiary/aromatic N) is 2. The van der Waals surface area contributed by atoms with Crippen molar-refractivity contribution in [1.82, 2.24) is 10.1 Å². The molecule has 0 spiro atoms. The van der Waals surface area contributed by atoms with Crippen molar-refractivity contribution in [3.63, 3.8) is 0 Å². The Balaban J connectivity index is 2.18. The summed E-state index contributed by atoms with van der Waals surface area (Å²) in [6.07, 6.45) is 0.559. The van der Waals surface area contributed by atoms with Crippen LogP contribution < -0.4 is 15.2 Å². The highest BCUT2D eigenvalue weighted by atomic mass is 16.5. The van der Waals surface area contributed by atoms with E-state index in [4.69, 9.17) is 19.7 Å². The number of nitrogens with two attached hydrogens (primary N) is 1. The predicted molar refractivity (Wildman–Crippen MR) is 64.5 cm³/mol. The fraction of sp³-hybridized carbons (Fsp3) is 0.333. The second-order valence-corrected chi connectivity index (χ2v) is 3.67. The van der Waals surface area contributed by atoms with Gasteiger partial charge in [0.25, 0.3) is 0 Å². The molecule has 0 unspecified atom stereocenters. The normalized spacial score (nSPS) is 10.4. The number of hydrogen-bond donors (Lipinski definition) is 1. The standard InChI is InChI=1S/C12H15N3O3/c1-16-9-4-3-8(5-10(9)17-2)6-11-14-12(7-13)18-15-11/h3-5H,6-7,13H2,1-2H3. The third kappa shape index (κ3) is 2.60. The summed E-state index contributed by atoms with van der Waals surface area (Å²) >= 11 is 0. The van der Waals surface area contributed by atoms with Crippen LogP contribution in [0.25, 0.3) is 0 Å². The Morgan fingerprint density at radius 3 is 2.61 bits per heavy atom. The van der Waals surface area contributed by atoms with E-state index >= 15 is 0 Å². The third-order valence-electron chi connectivity index (χ3n) is 2.49. The topological polar surface area (TPSA) is 83.4 Å². The molecule has 0 atom stereocenters. The summed E-state index contributed by atoms with van der Waals surface area (Å²) in [6, 6.07) is 5.66. The van der Waals surface area contributed by atoms with E-state index in [9.17, 15) is 0 Å². The van der Waals surface area contributed by atoms with Gasteiger partial charge in [-0.15, -0.1) is 0 Å². The zero-order valence-electron chi connectivity index (χ0n) is 10.3. The van der Waals surface area contributed by atoms with Gasteiger partial charge in [-0.3, -0.25) is 0 Å². The molecule has 2 N–H and O–H groups in total. The van der Waals surface area contributed by atoms with Crippen LogP contribution in [0.2, 0.25) is 0 Å². The third-order valence-corrected chi connectivity index (χ3v) is 2.49. The summed E-state index contributed by atoms with van der Waals surface area (Å²) in [6.45, 7) is 0.249. The first-order valence-corrected chi connectivity index (χ1v) is 5.49. The Morgan fingerprint density at radius 1 is 1.22 bits per heavy atom. The summed E-state index contributed by atoms with van der Waals surface area (Å²) in [4.78, 5) is 4.15. The molecule has 0 saturated heterocycles. The molecule has 1 heterocycles. The molecule has 18 heavy (non-hydrogen) atoms. The minimum atomic E-state index is 0.249.